The molecule has 1 aliphatic rings. The highest BCUT2D eigenvalue weighted by Gasteiger charge is 2.31. The SMILES string of the molecule is COC(=O)c1ccc(NCN2C(=O)/C(=C\c3ccc(I)cc3)SC2=S)cc1. The molecule has 2 aromatic carbocycles. The highest BCUT2D eigenvalue weighted by Crippen LogP contribution is 2.32. The van der Waals surface area contributed by atoms with Crippen LogP contribution in [0.2, 0.25) is 0 Å². The number of anilines is 1. The summed E-state index contributed by atoms with van der Waals surface area (Å²) in [5.41, 5.74) is 2.20. The summed E-state index contributed by atoms with van der Waals surface area (Å²) >= 11 is 8.87. The second kappa shape index (κ2) is 8.85. The molecule has 1 heterocycles. The molecule has 0 aliphatic carbocycles. The zero-order chi connectivity index (χ0) is 19.4. The van der Waals surface area contributed by atoms with E-state index < -0.39 is 0 Å². The summed E-state index contributed by atoms with van der Waals surface area (Å²) in [4.78, 5) is 26.2. The number of nitrogens with one attached hydrogen (secondary N) is 1. The summed E-state index contributed by atoms with van der Waals surface area (Å²) in [6, 6.07) is 14.8. The molecule has 1 fully saturated rings. The maximum atomic E-state index is 12.6. The maximum Gasteiger partial charge on any atom is 0.337 e. The standard InChI is InChI=1S/C19H15IN2O3S2/c1-25-18(24)13-4-8-15(9-5-13)21-11-22-17(23)16(27-19(22)26)10-12-2-6-14(20)7-3-12/h2-10,21H,11H2,1H3/b16-10+. The molecular weight excluding hydrogens is 495 g/mol. The van der Waals surface area contributed by atoms with Crippen LogP contribution in [0, 0.1) is 3.57 Å². The lowest BCUT2D eigenvalue weighted by Gasteiger charge is -2.16. The van der Waals surface area contributed by atoms with E-state index >= 15 is 0 Å². The van der Waals surface area contributed by atoms with E-state index in [0.717, 1.165) is 14.8 Å². The number of methoxy groups -OCH3 is 1. The summed E-state index contributed by atoms with van der Waals surface area (Å²) in [5.74, 6) is -0.513. The lowest BCUT2D eigenvalue weighted by atomic mass is 10.2. The van der Waals surface area contributed by atoms with Crippen molar-refractivity contribution in [1.82, 2.24) is 4.90 Å². The van der Waals surface area contributed by atoms with Gasteiger partial charge in [0, 0.05) is 9.26 Å². The van der Waals surface area contributed by atoms with E-state index in [1.807, 2.05) is 30.3 Å². The zero-order valence-electron chi connectivity index (χ0n) is 14.3. The Hall–Kier alpha value is -1.91. The summed E-state index contributed by atoms with van der Waals surface area (Å²) in [5, 5.41) is 3.15. The Labute approximate surface area is 180 Å². The third-order valence-corrected chi connectivity index (χ3v) is 5.89. The zero-order valence-corrected chi connectivity index (χ0v) is 18.1. The Morgan fingerprint density at radius 3 is 2.52 bits per heavy atom. The number of amides is 1. The van der Waals surface area contributed by atoms with Crippen LogP contribution in [0.4, 0.5) is 5.69 Å². The Morgan fingerprint density at radius 2 is 1.89 bits per heavy atom. The van der Waals surface area contributed by atoms with Crippen LogP contribution in [0.15, 0.2) is 53.4 Å². The van der Waals surface area contributed by atoms with Crippen molar-refractivity contribution < 1.29 is 14.3 Å². The topological polar surface area (TPSA) is 58.6 Å². The van der Waals surface area contributed by atoms with Gasteiger partial charge in [0.05, 0.1) is 24.2 Å². The first-order valence-corrected chi connectivity index (χ1v) is 10.2. The molecule has 0 atom stereocenters. The van der Waals surface area contributed by atoms with Crippen molar-refractivity contribution in [1.29, 1.82) is 0 Å². The van der Waals surface area contributed by atoms with Crippen LogP contribution in [-0.4, -0.2) is 34.9 Å². The van der Waals surface area contributed by atoms with Gasteiger partial charge in [-0.15, -0.1) is 0 Å². The van der Waals surface area contributed by atoms with Gasteiger partial charge >= 0.3 is 5.97 Å². The van der Waals surface area contributed by atoms with Gasteiger partial charge < -0.3 is 10.1 Å². The van der Waals surface area contributed by atoms with Gasteiger partial charge in [0.2, 0.25) is 0 Å². The van der Waals surface area contributed by atoms with Crippen molar-refractivity contribution in [3.8, 4) is 0 Å². The number of rotatable bonds is 5. The first-order valence-electron chi connectivity index (χ1n) is 7.91. The highest BCUT2D eigenvalue weighted by atomic mass is 127. The van der Waals surface area contributed by atoms with Crippen molar-refractivity contribution in [2.75, 3.05) is 19.1 Å². The minimum absolute atomic E-state index is 0.123. The number of thiocarbonyl (C=S) groups is 1. The van der Waals surface area contributed by atoms with E-state index in [-0.39, 0.29) is 18.5 Å². The molecule has 1 N–H and O–H groups in total. The number of hydrogen-bond donors (Lipinski definition) is 1. The summed E-state index contributed by atoms with van der Waals surface area (Å²) < 4.78 is 6.32. The number of carbonyl (C=O) groups excluding carboxylic acids is 2. The van der Waals surface area contributed by atoms with Gasteiger partial charge in [0.1, 0.15) is 4.32 Å². The van der Waals surface area contributed by atoms with Crippen molar-refractivity contribution in [3.05, 3.63) is 68.1 Å². The molecule has 0 spiro atoms. The molecule has 0 aromatic heterocycles. The van der Waals surface area contributed by atoms with E-state index in [2.05, 4.69) is 32.6 Å². The van der Waals surface area contributed by atoms with Crippen LogP contribution in [0.3, 0.4) is 0 Å². The number of benzene rings is 2. The fourth-order valence-electron chi connectivity index (χ4n) is 2.36. The second-order valence-corrected chi connectivity index (χ2v) is 8.49. The quantitative estimate of drug-likeness (QED) is 0.280. The van der Waals surface area contributed by atoms with Crippen molar-refractivity contribution in [2.24, 2.45) is 0 Å². The maximum absolute atomic E-state index is 12.6. The van der Waals surface area contributed by atoms with Gasteiger partial charge in [-0.25, -0.2) is 4.79 Å². The average Bonchev–Trinajstić information content (AvgIpc) is 2.94. The van der Waals surface area contributed by atoms with Crippen LogP contribution in [0.25, 0.3) is 6.08 Å². The summed E-state index contributed by atoms with van der Waals surface area (Å²) in [6.07, 6.45) is 1.85. The number of thioether (sulfide) groups is 1. The molecule has 0 saturated carbocycles. The third-order valence-electron chi connectivity index (χ3n) is 3.79. The van der Waals surface area contributed by atoms with Crippen LogP contribution >= 0.6 is 46.6 Å². The molecule has 5 nitrogen and oxygen atoms in total. The molecule has 2 aromatic rings. The molecule has 138 valence electrons. The Kier molecular flexibility index (Phi) is 6.51. The van der Waals surface area contributed by atoms with Gasteiger partial charge in [0.25, 0.3) is 5.91 Å². The monoisotopic (exact) mass is 510 g/mol. The first kappa shape index (κ1) is 19.8. The van der Waals surface area contributed by atoms with Gasteiger partial charge in [-0.3, -0.25) is 9.69 Å². The Bertz CT molecular complexity index is 912. The van der Waals surface area contributed by atoms with Crippen molar-refractivity contribution in [2.45, 2.75) is 0 Å². The number of ether oxygens (including phenoxy) is 1. The van der Waals surface area contributed by atoms with E-state index in [4.69, 9.17) is 12.2 Å². The number of esters is 1. The Balaban J connectivity index is 1.65. The first-order chi connectivity index (χ1) is 13.0. The average molecular weight is 510 g/mol. The molecule has 27 heavy (non-hydrogen) atoms. The highest BCUT2D eigenvalue weighted by molar-refractivity contribution is 14.1. The van der Waals surface area contributed by atoms with Gasteiger partial charge in [-0.2, -0.15) is 0 Å². The molecule has 1 aliphatic heterocycles. The third kappa shape index (κ3) is 4.88. The predicted molar refractivity (Wildman–Crippen MR) is 120 cm³/mol. The number of nitrogens with zero attached hydrogens (tertiary/aromatic N) is 1. The molecular formula is C19H15IN2O3S2. The minimum Gasteiger partial charge on any atom is -0.465 e. The van der Waals surface area contributed by atoms with Gasteiger partial charge in [-0.1, -0.05) is 36.1 Å². The molecule has 1 saturated heterocycles. The lowest BCUT2D eigenvalue weighted by molar-refractivity contribution is -0.121. The molecule has 3 rings (SSSR count). The summed E-state index contributed by atoms with van der Waals surface area (Å²) in [7, 11) is 1.34. The predicted octanol–water partition coefficient (Wildman–Crippen LogP) is 4.35. The molecule has 0 bridgehead atoms. The van der Waals surface area contributed by atoms with Gasteiger partial charge in [0.15, 0.2) is 0 Å². The fraction of sp³-hybridized carbons (Fsp3) is 0.105. The van der Waals surface area contributed by atoms with E-state index in [1.165, 1.54) is 23.8 Å². The van der Waals surface area contributed by atoms with E-state index in [1.54, 1.807) is 24.3 Å². The Morgan fingerprint density at radius 1 is 1.22 bits per heavy atom. The van der Waals surface area contributed by atoms with Gasteiger partial charge in [-0.05, 0) is 70.6 Å². The van der Waals surface area contributed by atoms with Crippen LogP contribution in [-0.2, 0) is 9.53 Å². The lowest BCUT2D eigenvalue weighted by Crippen LogP contribution is -2.33. The van der Waals surface area contributed by atoms with Crippen LogP contribution in [0.1, 0.15) is 15.9 Å². The smallest absolute Gasteiger partial charge is 0.337 e. The van der Waals surface area contributed by atoms with E-state index in [0.29, 0.717) is 14.8 Å². The largest absolute Gasteiger partial charge is 0.465 e. The molecule has 0 radical (unpaired) electrons. The van der Waals surface area contributed by atoms with E-state index in [9.17, 15) is 9.59 Å². The van der Waals surface area contributed by atoms with Crippen molar-refractivity contribution in [3.63, 3.8) is 0 Å². The van der Waals surface area contributed by atoms with Crippen molar-refractivity contribution >= 4 is 74.5 Å². The minimum atomic E-state index is -0.390. The number of hydrogen-bond acceptors (Lipinski definition) is 6. The fourth-order valence-corrected chi connectivity index (χ4v) is 3.97. The molecule has 8 heteroatoms. The molecule has 1 amide bonds. The normalized spacial score (nSPS) is 15.3. The van der Waals surface area contributed by atoms with Crippen LogP contribution in [0.5, 0.6) is 0 Å². The second-order valence-electron chi connectivity index (χ2n) is 5.57. The van der Waals surface area contributed by atoms with Crippen LogP contribution < -0.4 is 5.32 Å². The number of halogens is 1. The summed E-state index contributed by atoms with van der Waals surface area (Å²) in [6.45, 7) is 0.256. The molecule has 0 unspecified atom stereocenters. The number of carbonyl (C=O) groups is 2.